The molecular formula is C14H16N4O4S. The fourth-order valence-corrected chi connectivity index (χ4v) is 3.99. The van der Waals surface area contributed by atoms with Crippen LogP contribution >= 0.6 is 0 Å². The Bertz CT molecular complexity index is 789. The highest BCUT2D eigenvalue weighted by atomic mass is 32.2. The van der Waals surface area contributed by atoms with Crippen LogP contribution in [0, 0.1) is 0 Å². The first-order chi connectivity index (χ1) is 11.0. The molecule has 3 heterocycles. The minimum atomic E-state index is -2.98. The third kappa shape index (κ3) is 4.07. The molecule has 2 N–H and O–H groups in total. The summed E-state index contributed by atoms with van der Waals surface area (Å²) in [6, 6.07) is 4.77. The van der Waals surface area contributed by atoms with Gasteiger partial charge in [0.25, 0.3) is 5.91 Å². The zero-order valence-corrected chi connectivity index (χ0v) is 13.0. The number of furan rings is 1. The highest BCUT2D eigenvalue weighted by Gasteiger charge is 2.28. The summed E-state index contributed by atoms with van der Waals surface area (Å²) in [5.41, 5.74) is 0.204. The number of nitrogens with one attached hydrogen (secondary N) is 2. The molecule has 0 spiro atoms. The van der Waals surface area contributed by atoms with E-state index in [-0.39, 0.29) is 41.6 Å². The SMILES string of the molecule is O=C(NCc1ccco1)c1ccnc(NC2CCS(=O)(=O)C2)n1. The summed E-state index contributed by atoms with van der Waals surface area (Å²) < 4.78 is 28.0. The van der Waals surface area contributed by atoms with E-state index in [1.165, 1.54) is 18.5 Å². The van der Waals surface area contributed by atoms with E-state index in [2.05, 4.69) is 20.6 Å². The zero-order chi connectivity index (χ0) is 16.3. The highest BCUT2D eigenvalue weighted by molar-refractivity contribution is 7.91. The number of hydrogen-bond donors (Lipinski definition) is 2. The first-order valence-corrected chi connectivity index (χ1v) is 8.94. The Morgan fingerprint density at radius 1 is 1.39 bits per heavy atom. The van der Waals surface area contributed by atoms with E-state index in [0.717, 1.165) is 0 Å². The van der Waals surface area contributed by atoms with E-state index in [1.807, 2.05) is 0 Å². The van der Waals surface area contributed by atoms with E-state index < -0.39 is 9.84 Å². The van der Waals surface area contributed by atoms with Crippen molar-refractivity contribution in [2.45, 2.75) is 19.0 Å². The molecule has 9 heteroatoms. The maximum absolute atomic E-state index is 12.1. The second-order valence-corrected chi connectivity index (χ2v) is 7.50. The maximum Gasteiger partial charge on any atom is 0.270 e. The summed E-state index contributed by atoms with van der Waals surface area (Å²) in [5, 5.41) is 5.65. The predicted molar refractivity (Wildman–Crippen MR) is 82.6 cm³/mol. The fraction of sp³-hybridized carbons (Fsp3) is 0.357. The molecule has 1 atom stereocenters. The number of anilines is 1. The molecular weight excluding hydrogens is 320 g/mol. The van der Waals surface area contributed by atoms with Gasteiger partial charge >= 0.3 is 0 Å². The number of sulfone groups is 1. The van der Waals surface area contributed by atoms with Gasteiger partial charge < -0.3 is 15.1 Å². The highest BCUT2D eigenvalue weighted by Crippen LogP contribution is 2.15. The molecule has 8 nitrogen and oxygen atoms in total. The first-order valence-electron chi connectivity index (χ1n) is 7.12. The Balaban J connectivity index is 1.61. The van der Waals surface area contributed by atoms with Crippen LogP contribution in [-0.2, 0) is 16.4 Å². The predicted octanol–water partition coefficient (Wildman–Crippen LogP) is 0.599. The van der Waals surface area contributed by atoms with Crippen molar-refractivity contribution < 1.29 is 17.6 Å². The molecule has 1 saturated heterocycles. The standard InChI is InChI=1S/C14H16N4O4S/c19-13(16-8-11-2-1-6-22-11)12-3-5-15-14(18-12)17-10-4-7-23(20,21)9-10/h1-3,5-6,10H,4,7-9H2,(H,16,19)(H,15,17,18). The Hall–Kier alpha value is -2.42. The second-order valence-electron chi connectivity index (χ2n) is 5.27. The average molecular weight is 336 g/mol. The summed E-state index contributed by atoms with van der Waals surface area (Å²) in [7, 11) is -2.98. The number of rotatable bonds is 5. The van der Waals surface area contributed by atoms with Crippen molar-refractivity contribution >= 4 is 21.7 Å². The quantitative estimate of drug-likeness (QED) is 0.821. The van der Waals surface area contributed by atoms with Crippen LogP contribution in [-0.4, -0.2) is 41.8 Å². The van der Waals surface area contributed by atoms with Crippen LogP contribution in [0.5, 0.6) is 0 Å². The summed E-state index contributed by atoms with van der Waals surface area (Å²) in [6.45, 7) is 0.263. The van der Waals surface area contributed by atoms with Gasteiger partial charge in [0.1, 0.15) is 11.5 Å². The number of hydrogen-bond acceptors (Lipinski definition) is 7. The Labute approximate surface area is 133 Å². The summed E-state index contributed by atoms with van der Waals surface area (Å²) >= 11 is 0. The summed E-state index contributed by atoms with van der Waals surface area (Å²) in [5.74, 6) is 0.754. The van der Waals surface area contributed by atoms with Gasteiger partial charge in [0.05, 0.1) is 24.3 Å². The lowest BCUT2D eigenvalue weighted by molar-refractivity contribution is 0.0943. The molecule has 23 heavy (non-hydrogen) atoms. The number of amides is 1. The molecule has 2 aromatic rings. The largest absolute Gasteiger partial charge is 0.467 e. The van der Waals surface area contributed by atoms with E-state index in [4.69, 9.17) is 4.42 Å². The summed E-state index contributed by atoms with van der Waals surface area (Å²) in [4.78, 5) is 20.2. The third-order valence-electron chi connectivity index (χ3n) is 3.46. The van der Waals surface area contributed by atoms with Crippen molar-refractivity contribution in [1.82, 2.24) is 15.3 Å². The molecule has 1 aliphatic heterocycles. The van der Waals surface area contributed by atoms with Crippen LogP contribution in [0.3, 0.4) is 0 Å². The molecule has 0 aromatic carbocycles. The van der Waals surface area contributed by atoms with Gasteiger partial charge in [0, 0.05) is 12.2 Å². The lowest BCUT2D eigenvalue weighted by Crippen LogP contribution is -2.26. The maximum atomic E-state index is 12.1. The Morgan fingerprint density at radius 3 is 2.96 bits per heavy atom. The van der Waals surface area contributed by atoms with E-state index in [1.54, 1.807) is 12.1 Å². The smallest absolute Gasteiger partial charge is 0.270 e. The number of aromatic nitrogens is 2. The van der Waals surface area contributed by atoms with Crippen molar-refractivity contribution in [2.75, 3.05) is 16.8 Å². The van der Waals surface area contributed by atoms with Gasteiger partial charge in [0.15, 0.2) is 9.84 Å². The van der Waals surface area contributed by atoms with Gasteiger partial charge in [-0.3, -0.25) is 4.79 Å². The molecule has 0 aliphatic carbocycles. The number of carbonyl (C=O) groups excluding carboxylic acids is 1. The monoisotopic (exact) mass is 336 g/mol. The topological polar surface area (TPSA) is 114 Å². The van der Waals surface area contributed by atoms with Crippen molar-refractivity contribution in [2.24, 2.45) is 0 Å². The Morgan fingerprint density at radius 2 is 2.26 bits per heavy atom. The molecule has 3 rings (SSSR count). The second kappa shape index (κ2) is 6.37. The minimum absolute atomic E-state index is 0.0608. The number of carbonyl (C=O) groups is 1. The molecule has 122 valence electrons. The van der Waals surface area contributed by atoms with Crippen LogP contribution in [0.15, 0.2) is 35.1 Å². The minimum Gasteiger partial charge on any atom is -0.467 e. The van der Waals surface area contributed by atoms with Gasteiger partial charge in [-0.25, -0.2) is 18.4 Å². The first kappa shape index (κ1) is 15.5. The van der Waals surface area contributed by atoms with Crippen LogP contribution in [0.1, 0.15) is 22.7 Å². The molecule has 0 bridgehead atoms. The van der Waals surface area contributed by atoms with Gasteiger partial charge in [-0.2, -0.15) is 0 Å². The third-order valence-corrected chi connectivity index (χ3v) is 5.23. The van der Waals surface area contributed by atoms with E-state index in [0.29, 0.717) is 12.2 Å². The van der Waals surface area contributed by atoms with Crippen LogP contribution in [0.2, 0.25) is 0 Å². The van der Waals surface area contributed by atoms with Crippen molar-refractivity contribution in [1.29, 1.82) is 0 Å². The lowest BCUT2D eigenvalue weighted by atomic mass is 10.3. The molecule has 1 fully saturated rings. The van der Waals surface area contributed by atoms with E-state index in [9.17, 15) is 13.2 Å². The fourth-order valence-electron chi connectivity index (χ4n) is 2.32. The summed E-state index contributed by atoms with van der Waals surface area (Å²) in [6.07, 6.45) is 3.51. The van der Waals surface area contributed by atoms with Gasteiger partial charge in [-0.15, -0.1) is 0 Å². The Kier molecular flexibility index (Phi) is 4.28. The van der Waals surface area contributed by atoms with Crippen molar-refractivity contribution in [3.63, 3.8) is 0 Å². The van der Waals surface area contributed by atoms with Gasteiger partial charge in [-0.05, 0) is 24.6 Å². The molecule has 0 saturated carbocycles. The molecule has 1 aliphatic rings. The van der Waals surface area contributed by atoms with E-state index >= 15 is 0 Å². The normalized spacial score (nSPS) is 19.4. The molecule has 1 unspecified atom stereocenters. The average Bonchev–Trinajstić information content (AvgIpc) is 3.14. The van der Waals surface area contributed by atoms with Crippen molar-refractivity contribution in [3.8, 4) is 0 Å². The van der Waals surface area contributed by atoms with Gasteiger partial charge in [0.2, 0.25) is 5.95 Å². The van der Waals surface area contributed by atoms with Crippen LogP contribution in [0.4, 0.5) is 5.95 Å². The van der Waals surface area contributed by atoms with Crippen molar-refractivity contribution in [3.05, 3.63) is 42.1 Å². The number of nitrogens with zero attached hydrogens (tertiary/aromatic N) is 2. The molecule has 0 radical (unpaired) electrons. The lowest BCUT2D eigenvalue weighted by Gasteiger charge is -2.11. The van der Waals surface area contributed by atoms with Crippen LogP contribution in [0.25, 0.3) is 0 Å². The molecule has 2 aromatic heterocycles. The molecule has 1 amide bonds. The van der Waals surface area contributed by atoms with Gasteiger partial charge in [-0.1, -0.05) is 0 Å². The van der Waals surface area contributed by atoms with Crippen LogP contribution < -0.4 is 10.6 Å². The zero-order valence-electron chi connectivity index (χ0n) is 12.2.